The lowest BCUT2D eigenvalue weighted by molar-refractivity contribution is 0.0600. The third kappa shape index (κ3) is 7.53. The zero-order valence-corrected chi connectivity index (χ0v) is 21.8. The van der Waals surface area contributed by atoms with Crippen LogP contribution in [0.1, 0.15) is 61.0 Å². The SMILES string of the molecule is CB(O)Nc1c(C)nc(C)c(C)c1C(=O)CC#N.COC(=O)c1c(C)c(C)nc(C)c1NB(C)O. The topological polar surface area (TPSA) is 157 Å². The Labute approximate surface area is 207 Å². The van der Waals surface area contributed by atoms with Crippen LogP contribution < -0.4 is 10.5 Å². The van der Waals surface area contributed by atoms with Gasteiger partial charge in [-0.3, -0.25) is 14.8 Å². The van der Waals surface area contributed by atoms with Crippen LogP contribution in [0.2, 0.25) is 13.6 Å². The molecule has 2 heterocycles. The molecule has 2 aromatic heterocycles. The highest BCUT2D eigenvalue weighted by Gasteiger charge is 2.22. The molecular weight excluding hydrogens is 448 g/mol. The highest BCUT2D eigenvalue weighted by atomic mass is 16.5. The van der Waals surface area contributed by atoms with E-state index >= 15 is 0 Å². The maximum absolute atomic E-state index is 12.0. The number of ketones is 1. The summed E-state index contributed by atoms with van der Waals surface area (Å²) in [4.78, 5) is 32.4. The number of pyridine rings is 2. The van der Waals surface area contributed by atoms with Crippen molar-refractivity contribution in [2.45, 2.75) is 61.6 Å². The van der Waals surface area contributed by atoms with Crippen LogP contribution in [0.25, 0.3) is 0 Å². The summed E-state index contributed by atoms with van der Waals surface area (Å²) in [5, 5.41) is 33.1. The molecule has 0 spiro atoms. The van der Waals surface area contributed by atoms with Crippen molar-refractivity contribution in [1.29, 1.82) is 5.26 Å². The smallest absolute Gasteiger partial charge is 0.406 e. The van der Waals surface area contributed by atoms with Crippen molar-refractivity contribution in [3.63, 3.8) is 0 Å². The van der Waals surface area contributed by atoms with E-state index in [4.69, 9.17) is 10.00 Å². The number of nitrogens with one attached hydrogen (secondary N) is 2. The fraction of sp³-hybridized carbons (Fsp3) is 0.435. The molecule has 12 heteroatoms. The average Bonchev–Trinajstić information content (AvgIpc) is 2.75. The normalized spacial score (nSPS) is 9.89. The summed E-state index contributed by atoms with van der Waals surface area (Å²) in [6.07, 6.45) is -0.182. The molecule has 186 valence electrons. The number of rotatable bonds is 7. The third-order valence-electron chi connectivity index (χ3n) is 5.34. The van der Waals surface area contributed by atoms with Gasteiger partial charge in [0.05, 0.1) is 47.9 Å². The molecule has 0 unspecified atom stereocenters. The molecular formula is C23H33B2N5O5. The van der Waals surface area contributed by atoms with Gasteiger partial charge in [0.1, 0.15) is 0 Å². The zero-order valence-electron chi connectivity index (χ0n) is 21.8. The summed E-state index contributed by atoms with van der Waals surface area (Å²) in [5.41, 5.74) is 6.23. The largest absolute Gasteiger partial charge is 0.465 e. The van der Waals surface area contributed by atoms with Crippen LogP contribution in [0.3, 0.4) is 0 Å². The van der Waals surface area contributed by atoms with E-state index in [0.29, 0.717) is 33.9 Å². The minimum Gasteiger partial charge on any atom is -0.465 e. The summed E-state index contributed by atoms with van der Waals surface area (Å²) < 4.78 is 4.76. The molecule has 0 saturated carbocycles. The van der Waals surface area contributed by atoms with Gasteiger partial charge in [-0.25, -0.2) is 4.79 Å². The standard InChI is InChI=1S/C12H16BN3O2.C11H17BN2O3/c1-7-8(2)15-9(3)12(16-13(4)18)11(7)10(17)5-6-14;1-6-7(2)13-8(3)10(14-12(4)16)9(6)11(15)17-5/h16,18H,5H2,1-4H3;14,16H,1-5H3. The summed E-state index contributed by atoms with van der Waals surface area (Å²) in [6.45, 7) is 13.9. The van der Waals surface area contributed by atoms with Gasteiger partial charge in [-0.2, -0.15) is 5.26 Å². The van der Waals surface area contributed by atoms with Crippen molar-refractivity contribution >= 4 is 37.2 Å². The first-order chi connectivity index (χ1) is 16.3. The van der Waals surface area contributed by atoms with Crippen LogP contribution in [-0.2, 0) is 4.74 Å². The lowest BCUT2D eigenvalue weighted by Crippen LogP contribution is -2.24. The van der Waals surface area contributed by atoms with E-state index in [9.17, 15) is 19.6 Å². The Morgan fingerprint density at radius 3 is 1.63 bits per heavy atom. The van der Waals surface area contributed by atoms with Gasteiger partial charge in [-0.1, -0.05) is 0 Å². The number of carbonyl (C=O) groups is 2. The first kappa shape index (κ1) is 29.6. The van der Waals surface area contributed by atoms with Crippen molar-refractivity contribution in [2.75, 3.05) is 17.6 Å². The number of carbonyl (C=O) groups excluding carboxylic acids is 2. The second kappa shape index (κ2) is 12.9. The number of aromatic nitrogens is 2. The average molecular weight is 481 g/mol. The monoisotopic (exact) mass is 481 g/mol. The molecule has 0 bridgehead atoms. The molecule has 35 heavy (non-hydrogen) atoms. The van der Waals surface area contributed by atoms with E-state index in [0.717, 1.165) is 22.5 Å². The number of hydrogen-bond donors (Lipinski definition) is 4. The van der Waals surface area contributed by atoms with Gasteiger partial charge in [-0.05, 0) is 66.3 Å². The van der Waals surface area contributed by atoms with E-state index in [1.54, 1.807) is 41.3 Å². The lowest BCUT2D eigenvalue weighted by atomic mass is 9.86. The Bertz CT molecular complexity index is 1150. The molecule has 4 N–H and O–H groups in total. The Balaban J connectivity index is 0.000000351. The number of methoxy groups -OCH3 is 1. The number of nitriles is 1. The van der Waals surface area contributed by atoms with Crippen LogP contribution in [0.4, 0.5) is 11.4 Å². The molecule has 2 rings (SSSR count). The van der Waals surface area contributed by atoms with Crippen LogP contribution in [0.15, 0.2) is 0 Å². The van der Waals surface area contributed by atoms with Crippen molar-refractivity contribution in [3.8, 4) is 6.07 Å². The molecule has 0 aliphatic rings. The number of esters is 1. The summed E-state index contributed by atoms with van der Waals surface area (Å²) in [5.74, 6) is -0.689. The number of nitrogens with zero attached hydrogens (tertiary/aromatic N) is 3. The molecule has 0 aliphatic carbocycles. The van der Waals surface area contributed by atoms with Crippen molar-refractivity contribution in [3.05, 3.63) is 45.0 Å². The Kier molecular flexibility index (Phi) is 10.9. The Morgan fingerprint density at radius 2 is 1.26 bits per heavy atom. The first-order valence-electron chi connectivity index (χ1n) is 11.1. The van der Waals surface area contributed by atoms with Crippen molar-refractivity contribution in [1.82, 2.24) is 9.97 Å². The molecule has 0 atom stereocenters. The minimum atomic E-state index is -0.791. The Hall–Kier alpha value is -3.42. The van der Waals surface area contributed by atoms with E-state index in [-0.39, 0.29) is 12.2 Å². The van der Waals surface area contributed by atoms with Gasteiger partial charge in [0.25, 0.3) is 0 Å². The first-order valence-corrected chi connectivity index (χ1v) is 11.1. The molecule has 0 aliphatic heterocycles. The van der Waals surface area contributed by atoms with Crippen molar-refractivity contribution < 1.29 is 24.4 Å². The maximum atomic E-state index is 12.0. The van der Waals surface area contributed by atoms with Crippen LogP contribution in [0.5, 0.6) is 0 Å². The van der Waals surface area contributed by atoms with E-state index in [1.807, 2.05) is 19.9 Å². The van der Waals surface area contributed by atoms with Gasteiger partial charge in [0.2, 0.25) is 0 Å². The lowest BCUT2D eigenvalue weighted by Gasteiger charge is -2.17. The summed E-state index contributed by atoms with van der Waals surface area (Å²) >= 11 is 0. The van der Waals surface area contributed by atoms with E-state index in [2.05, 4.69) is 20.4 Å². The zero-order chi connectivity index (χ0) is 27.0. The van der Waals surface area contributed by atoms with E-state index < -0.39 is 20.1 Å². The van der Waals surface area contributed by atoms with Gasteiger partial charge in [0.15, 0.2) is 5.78 Å². The highest BCUT2D eigenvalue weighted by Crippen LogP contribution is 2.27. The van der Waals surface area contributed by atoms with Gasteiger partial charge >= 0.3 is 20.1 Å². The van der Waals surface area contributed by atoms with Crippen LogP contribution in [-0.4, -0.2) is 53.0 Å². The molecule has 2 aromatic rings. The van der Waals surface area contributed by atoms with Crippen molar-refractivity contribution in [2.24, 2.45) is 0 Å². The number of aryl methyl sites for hydroxylation is 4. The molecule has 0 amide bonds. The number of ether oxygens (including phenoxy) is 1. The Morgan fingerprint density at radius 1 is 0.857 bits per heavy atom. The van der Waals surface area contributed by atoms with Gasteiger partial charge < -0.3 is 25.2 Å². The third-order valence-corrected chi connectivity index (χ3v) is 5.34. The second-order valence-electron chi connectivity index (χ2n) is 8.21. The predicted octanol–water partition coefficient (Wildman–Crippen LogP) is 2.94. The maximum Gasteiger partial charge on any atom is 0.406 e. The van der Waals surface area contributed by atoms with Gasteiger partial charge in [0, 0.05) is 17.0 Å². The quantitative estimate of drug-likeness (QED) is 0.263. The number of Topliss-reactive ketones (excluding diaryl/α,β-unsaturated/α-hetero) is 1. The highest BCUT2D eigenvalue weighted by molar-refractivity contribution is 6.53. The molecule has 0 fully saturated rings. The molecule has 0 radical (unpaired) electrons. The van der Waals surface area contributed by atoms with Crippen LogP contribution in [0, 0.1) is 52.9 Å². The summed E-state index contributed by atoms with van der Waals surface area (Å²) in [7, 11) is -0.221. The molecule has 10 nitrogen and oxygen atoms in total. The fourth-order valence-electron chi connectivity index (χ4n) is 3.52. The van der Waals surface area contributed by atoms with Gasteiger partial charge in [-0.15, -0.1) is 0 Å². The van der Waals surface area contributed by atoms with E-state index in [1.165, 1.54) is 7.11 Å². The number of hydrogen-bond acceptors (Lipinski definition) is 10. The molecule has 0 aromatic carbocycles. The number of anilines is 2. The fourth-order valence-corrected chi connectivity index (χ4v) is 3.52. The second-order valence-corrected chi connectivity index (χ2v) is 8.21. The molecule has 0 saturated heterocycles. The predicted molar refractivity (Wildman–Crippen MR) is 138 cm³/mol. The van der Waals surface area contributed by atoms with Crippen LogP contribution >= 0.6 is 0 Å². The summed E-state index contributed by atoms with van der Waals surface area (Å²) in [6, 6.07) is 1.85. The minimum absolute atomic E-state index is 0.182.